The van der Waals surface area contributed by atoms with Crippen molar-refractivity contribution in [2.24, 2.45) is 0 Å². The highest BCUT2D eigenvalue weighted by molar-refractivity contribution is 6.06. The summed E-state index contributed by atoms with van der Waals surface area (Å²) in [6.45, 7) is 4.25. The largest absolute Gasteiger partial charge is 0.478 e. The average molecular weight is 368 g/mol. The number of hydrogen-bond acceptors (Lipinski definition) is 5. The zero-order chi connectivity index (χ0) is 19.6. The number of amides is 1. The zero-order valence-electron chi connectivity index (χ0n) is 15.3. The molecular formula is C19H20N4O4. The molecule has 27 heavy (non-hydrogen) atoms. The number of carboxylic acid groups (broad SMARTS) is 1. The van der Waals surface area contributed by atoms with E-state index in [9.17, 15) is 14.7 Å². The molecule has 3 rings (SSSR count). The van der Waals surface area contributed by atoms with Crippen LogP contribution in [0.3, 0.4) is 0 Å². The molecule has 140 valence electrons. The molecule has 0 aliphatic rings. The van der Waals surface area contributed by atoms with Gasteiger partial charge in [0.25, 0.3) is 5.91 Å². The Bertz CT molecular complexity index is 1010. The van der Waals surface area contributed by atoms with Gasteiger partial charge in [-0.15, -0.1) is 0 Å². The third kappa shape index (κ3) is 3.95. The number of aromatic carboxylic acids is 1. The van der Waals surface area contributed by atoms with Gasteiger partial charge in [-0.1, -0.05) is 0 Å². The number of pyridine rings is 1. The molecule has 0 atom stereocenters. The van der Waals surface area contributed by atoms with Crippen molar-refractivity contribution in [2.75, 3.05) is 12.4 Å². The maximum Gasteiger partial charge on any atom is 0.335 e. The second-order valence-corrected chi connectivity index (χ2v) is 6.43. The van der Waals surface area contributed by atoms with Crippen LogP contribution in [0.2, 0.25) is 0 Å². The lowest BCUT2D eigenvalue weighted by Crippen LogP contribution is -2.13. The number of anilines is 1. The number of carbonyl (C=O) groups excluding carboxylic acids is 1. The van der Waals surface area contributed by atoms with Crippen LogP contribution in [0.15, 0.2) is 36.7 Å². The summed E-state index contributed by atoms with van der Waals surface area (Å²) in [6, 6.07) is 6.46. The second-order valence-electron chi connectivity index (χ2n) is 6.43. The number of carbonyl (C=O) groups is 2. The van der Waals surface area contributed by atoms with Crippen LogP contribution in [0.4, 0.5) is 5.69 Å². The van der Waals surface area contributed by atoms with Crippen molar-refractivity contribution >= 4 is 28.6 Å². The summed E-state index contributed by atoms with van der Waals surface area (Å²) in [7, 11) is 1.52. The smallest absolute Gasteiger partial charge is 0.335 e. The predicted octanol–water partition coefficient (Wildman–Crippen LogP) is 3.11. The summed E-state index contributed by atoms with van der Waals surface area (Å²) in [5, 5.41) is 17.0. The van der Waals surface area contributed by atoms with Crippen molar-refractivity contribution in [2.45, 2.75) is 26.5 Å². The van der Waals surface area contributed by atoms with Crippen molar-refractivity contribution < 1.29 is 19.4 Å². The molecule has 1 aromatic carbocycles. The Balaban J connectivity index is 1.88. The number of ether oxygens (including phenoxy) is 1. The lowest BCUT2D eigenvalue weighted by atomic mass is 10.1. The molecule has 2 aromatic heterocycles. The Morgan fingerprint density at radius 2 is 1.96 bits per heavy atom. The Hall–Kier alpha value is -3.26. The van der Waals surface area contributed by atoms with E-state index in [2.05, 4.69) is 15.4 Å². The van der Waals surface area contributed by atoms with Crippen LogP contribution in [0, 0.1) is 0 Å². The second kappa shape index (κ2) is 7.55. The van der Waals surface area contributed by atoms with E-state index in [1.54, 1.807) is 23.0 Å². The molecule has 0 aliphatic heterocycles. The summed E-state index contributed by atoms with van der Waals surface area (Å²) >= 11 is 0. The van der Waals surface area contributed by atoms with Gasteiger partial charge < -0.3 is 15.2 Å². The Labute approximate surface area is 155 Å². The maximum absolute atomic E-state index is 12.6. The third-order valence-corrected chi connectivity index (χ3v) is 3.99. The quantitative estimate of drug-likeness (QED) is 0.692. The van der Waals surface area contributed by atoms with Gasteiger partial charge in [-0.3, -0.25) is 4.79 Å². The van der Waals surface area contributed by atoms with Gasteiger partial charge in [0.2, 0.25) is 0 Å². The van der Waals surface area contributed by atoms with Crippen LogP contribution in [-0.4, -0.2) is 38.9 Å². The van der Waals surface area contributed by atoms with E-state index in [-0.39, 0.29) is 24.1 Å². The third-order valence-electron chi connectivity index (χ3n) is 3.99. The standard InChI is InChI=1S/C19H20N4O4/c1-11(2)23-17-14(9-21-23)6-15(8-20-17)18(24)22-16-5-12(10-27-3)4-13(7-16)19(25)26/h4-9,11H,10H2,1-3H3,(H,22,24)(H,25,26). The number of nitrogens with zero attached hydrogens (tertiary/aromatic N) is 3. The van der Waals surface area contributed by atoms with Gasteiger partial charge in [-0.05, 0) is 43.7 Å². The highest BCUT2D eigenvalue weighted by Crippen LogP contribution is 2.20. The molecule has 3 aromatic rings. The normalized spacial score (nSPS) is 11.1. The van der Waals surface area contributed by atoms with Gasteiger partial charge in [0.15, 0.2) is 5.65 Å². The first-order valence-electron chi connectivity index (χ1n) is 8.40. The van der Waals surface area contributed by atoms with Crippen LogP contribution < -0.4 is 5.32 Å². The maximum atomic E-state index is 12.6. The summed E-state index contributed by atoms with van der Waals surface area (Å²) < 4.78 is 6.83. The Morgan fingerprint density at radius 1 is 1.19 bits per heavy atom. The molecule has 1 amide bonds. The topological polar surface area (TPSA) is 106 Å². The van der Waals surface area contributed by atoms with Gasteiger partial charge in [0.05, 0.1) is 23.9 Å². The fourth-order valence-electron chi connectivity index (χ4n) is 2.78. The number of aromatic nitrogens is 3. The monoisotopic (exact) mass is 368 g/mol. The highest BCUT2D eigenvalue weighted by atomic mass is 16.5. The van der Waals surface area contributed by atoms with E-state index in [1.807, 2.05) is 13.8 Å². The van der Waals surface area contributed by atoms with Crippen molar-refractivity contribution in [3.8, 4) is 0 Å². The van der Waals surface area contributed by atoms with Crippen LogP contribution in [-0.2, 0) is 11.3 Å². The van der Waals surface area contributed by atoms with Gasteiger partial charge in [-0.2, -0.15) is 5.10 Å². The Morgan fingerprint density at radius 3 is 2.63 bits per heavy atom. The molecule has 0 spiro atoms. The predicted molar refractivity (Wildman–Crippen MR) is 100.0 cm³/mol. The first-order chi connectivity index (χ1) is 12.9. The van der Waals surface area contributed by atoms with Crippen LogP contribution in [0.5, 0.6) is 0 Å². The first kappa shape index (κ1) is 18.5. The minimum Gasteiger partial charge on any atom is -0.478 e. The van der Waals surface area contributed by atoms with E-state index in [0.717, 1.165) is 5.39 Å². The van der Waals surface area contributed by atoms with Crippen molar-refractivity contribution in [3.05, 3.63) is 53.3 Å². The van der Waals surface area contributed by atoms with E-state index in [1.165, 1.54) is 25.4 Å². The van der Waals surface area contributed by atoms with E-state index >= 15 is 0 Å². The molecule has 2 N–H and O–H groups in total. The van der Waals surface area contributed by atoms with Crippen molar-refractivity contribution in [1.82, 2.24) is 14.8 Å². The van der Waals surface area contributed by atoms with Crippen LogP contribution in [0.25, 0.3) is 11.0 Å². The molecule has 0 saturated heterocycles. The highest BCUT2D eigenvalue weighted by Gasteiger charge is 2.14. The number of fused-ring (bicyclic) bond motifs is 1. The van der Waals surface area contributed by atoms with Gasteiger partial charge in [0, 0.05) is 30.4 Å². The number of methoxy groups -OCH3 is 1. The van der Waals surface area contributed by atoms with E-state index in [4.69, 9.17) is 4.74 Å². The molecule has 0 bridgehead atoms. The molecule has 0 radical (unpaired) electrons. The number of nitrogens with one attached hydrogen (secondary N) is 1. The minimum absolute atomic E-state index is 0.0756. The van der Waals surface area contributed by atoms with E-state index in [0.29, 0.717) is 22.5 Å². The average Bonchev–Trinajstić information content (AvgIpc) is 3.05. The molecular weight excluding hydrogens is 348 g/mol. The summed E-state index contributed by atoms with van der Waals surface area (Å²) in [5.41, 5.74) is 2.17. The molecule has 8 nitrogen and oxygen atoms in total. The molecule has 0 saturated carbocycles. The lowest BCUT2D eigenvalue weighted by Gasteiger charge is -2.10. The van der Waals surface area contributed by atoms with Crippen LogP contribution >= 0.6 is 0 Å². The SMILES string of the molecule is COCc1cc(NC(=O)c2cnc3c(cnn3C(C)C)c2)cc(C(=O)O)c1. The molecule has 2 heterocycles. The number of benzene rings is 1. The first-order valence-corrected chi connectivity index (χ1v) is 8.40. The summed E-state index contributed by atoms with van der Waals surface area (Å²) in [6.07, 6.45) is 3.15. The van der Waals surface area contributed by atoms with E-state index < -0.39 is 5.97 Å². The fourth-order valence-corrected chi connectivity index (χ4v) is 2.78. The number of carboxylic acids is 1. The van der Waals surface area contributed by atoms with Crippen molar-refractivity contribution in [3.63, 3.8) is 0 Å². The number of hydrogen-bond donors (Lipinski definition) is 2. The summed E-state index contributed by atoms with van der Waals surface area (Å²) in [4.78, 5) is 28.2. The lowest BCUT2D eigenvalue weighted by molar-refractivity contribution is 0.0696. The van der Waals surface area contributed by atoms with Gasteiger partial charge in [0.1, 0.15) is 0 Å². The molecule has 0 aliphatic carbocycles. The van der Waals surface area contributed by atoms with Crippen molar-refractivity contribution in [1.29, 1.82) is 0 Å². The van der Waals surface area contributed by atoms with Gasteiger partial charge in [-0.25, -0.2) is 14.5 Å². The minimum atomic E-state index is -1.08. The van der Waals surface area contributed by atoms with Crippen LogP contribution in [0.1, 0.15) is 46.2 Å². The summed E-state index contributed by atoms with van der Waals surface area (Å²) in [5.74, 6) is -1.46. The molecule has 8 heteroatoms. The fraction of sp³-hybridized carbons (Fsp3) is 0.263. The Kier molecular flexibility index (Phi) is 5.18. The number of rotatable bonds is 6. The van der Waals surface area contributed by atoms with Gasteiger partial charge >= 0.3 is 5.97 Å². The molecule has 0 unspecified atom stereocenters. The molecule has 0 fully saturated rings. The zero-order valence-corrected chi connectivity index (χ0v) is 15.3.